The highest BCUT2D eigenvalue weighted by molar-refractivity contribution is 8.00. The molecule has 1 unspecified atom stereocenters. The zero-order valence-electron chi connectivity index (χ0n) is 23.5. The second-order valence-corrected chi connectivity index (χ2v) is 11.8. The van der Waals surface area contributed by atoms with E-state index in [2.05, 4.69) is 20.9 Å². The minimum absolute atomic E-state index is 0.0827. The summed E-state index contributed by atoms with van der Waals surface area (Å²) in [7, 11) is 0. The maximum absolute atomic E-state index is 13.4. The topological polar surface area (TPSA) is 100 Å². The molecule has 10 heteroatoms. The van der Waals surface area contributed by atoms with Crippen LogP contribution in [0.15, 0.2) is 125 Å². The molecule has 0 saturated heterocycles. The molecule has 0 aliphatic rings. The Hall–Kier alpha value is -5.06. The van der Waals surface area contributed by atoms with Crippen molar-refractivity contribution >= 4 is 57.7 Å². The number of thioether (sulfide) groups is 1. The number of nitrogens with zero attached hydrogens (tertiary/aromatic N) is 1. The molecule has 0 saturated carbocycles. The van der Waals surface area contributed by atoms with Gasteiger partial charge in [0.15, 0.2) is 5.13 Å². The maximum atomic E-state index is 13.4. The lowest BCUT2D eigenvalue weighted by molar-refractivity contribution is -0.115. The van der Waals surface area contributed by atoms with E-state index in [0.29, 0.717) is 22.1 Å². The molecule has 4 aromatic carbocycles. The Morgan fingerprint density at radius 3 is 2.30 bits per heavy atom. The fourth-order valence-corrected chi connectivity index (χ4v) is 5.70. The normalized spacial score (nSPS) is 11.8. The van der Waals surface area contributed by atoms with Crippen molar-refractivity contribution in [2.45, 2.75) is 17.1 Å². The van der Waals surface area contributed by atoms with Gasteiger partial charge in [-0.1, -0.05) is 54.6 Å². The summed E-state index contributed by atoms with van der Waals surface area (Å²) in [5.74, 6) is -1.46. The fraction of sp³-hybridized carbons (Fsp3) is 0.0588. The van der Waals surface area contributed by atoms with Gasteiger partial charge in [0.2, 0.25) is 5.91 Å². The number of anilines is 2. The molecular formula is C34H27FN4O3S2. The fourth-order valence-electron chi connectivity index (χ4n) is 4.05. The molecule has 1 aromatic heterocycles. The molecule has 44 heavy (non-hydrogen) atoms. The van der Waals surface area contributed by atoms with Crippen LogP contribution in [0.2, 0.25) is 0 Å². The number of thiazole rings is 1. The van der Waals surface area contributed by atoms with Crippen molar-refractivity contribution < 1.29 is 18.8 Å². The number of halogens is 1. The lowest BCUT2D eigenvalue weighted by Crippen LogP contribution is -2.30. The van der Waals surface area contributed by atoms with E-state index < -0.39 is 17.1 Å². The van der Waals surface area contributed by atoms with Gasteiger partial charge >= 0.3 is 0 Å². The van der Waals surface area contributed by atoms with Crippen LogP contribution in [-0.2, 0) is 9.59 Å². The Labute approximate surface area is 262 Å². The van der Waals surface area contributed by atoms with Crippen molar-refractivity contribution in [1.29, 1.82) is 0 Å². The second-order valence-electron chi connectivity index (χ2n) is 9.56. The highest BCUT2D eigenvalue weighted by Crippen LogP contribution is 2.29. The number of nitrogens with one attached hydrogen (secondary N) is 3. The molecule has 1 atom stereocenters. The Balaban J connectivity index is 1.24. The first-order valence-corrected chi connectivity index (χ1v) is 15.3. The molecule has 7 nitrogen and oxygen atoms in total. The Morgan fingerprint density at radius 2 is 1.57 bits per heavy atom. The number of benzene rings is 4. The van der Waals surface area contributed by atoms with Gasteiger partial charge in [0.25, 0.3) is 11.8 Å². The summed E-state index contributed by atoms with van der Waals surface area (Å²) in [5.41, 5.74) is 3.17. The molecule has 0 bridgehead atoms. The molecule has 3 N–H and O–H groups in total. The maximum Gasteiger partial charge on any atom is 0.272 e. The first kappa shape index (κ1) is 30.4. The van der Waals surface area contributed by atoms with Crippen LogP contribution in [0.25, 0.3) is 17.3 Å². The van der Waals surface area contributed by atoms with E-state index in [1.807, 2.05) is 42.5 Å². The van der Waals surface area contributed by atoms with Crippen LogP contribution < -0.4 is 16.0 Å². The van der Waals surface area contributed by atoms with Crippen LogP contribution in [-0.4, -0.2) is 28.0 Å². The van der Waals surface area contributed by atoms with Gasteiger partial charge < -0.3 is 16.0 Å². The highest BCUT2D eigenvalue weighted by atomic mass is 32.2. The number of carbonyl (C=O) groups is 3. The Bertz CT molecular complexity index is 1790. The number of carbonyl (C=O) groups excluding carboxylic acids is 3. The summed E-state index contributed by atoms with van der Waals surface area (Å²) in [6.45, 7) is 1.78. The van der Waals surface area contributed by atoms with Gasteiger partial charge in [0, 0.05) is 27.1 Å². The largest absolute Gasteiger partial charge is 0.321 e. The minimum Gasteiger partial charge on any atom is -0.321 e. The quantitative estimate of drug-likeness (QED) is 0.111. The standard InChI is InChI=1S/C34H27FN4O3S2/c1-22(31(40)39-34-38-30(21-43-34)24-15-17-26(35)18-16-24)44-28-14-8-13-27(20-28)36-33(42)29(19-23-9-4-2-5-10-23)37-32(41)25-11-6-3-7-12-25/h2-22H,1H3,(H,36,42)(H,37,41)(H,38,39,40)/b29-19-. The van der Waals surface area contributed by atoms with E-state index >= 15 is 0 Å². The van der Waals surface area contributed by atoms with E-state index in [1.54, 1.807) is 73.0 Å². The number of rotatable bonds is 10. The molecule has 0 spiro atoms. The van der Waals surface area contributed by atoms with Gasteiger partial charge in [-0.05, 0) is 73.2 Å². The Kier molecular flexibility index (Phi) is 9.96. The van der Waals surface area contributed by atoms with Crippen LogP contribution in [0, 0.1) is 5.82 Å². The predicted octanol–water partition coefficient (Wildman–Crippen LogP) is 7.48. The molecule has 0 radical (unpaired) electrons. The van der Waals surface area contributed by atoms with Crippen molar-refractivity contribution in [3.63, 3.8) is 0 Å². The summed E-state index contributed by atoms with van der Waals surface area (Å²) in [4.78, 5) is 44.4. The highest BCUT2D eigenvalue weighted by Gasteiger charge is 2.18. The SMILES string of the molecule is CC(Sc1cccc(NC(=O)/C(=C/c2ccccc2)NC(=O)c2ccccc2)c1)C(=O)Nc1nc(-c2ccc(F)cc2)cs1. The smallest absolute Gasteiger partial charge is 0.272 e. The Morgan fingerprint density at radius 1 is 0.864 bits per heavy atom. The van der Waals surface area contributed by atoms with E-state index in [4.69, 9.17) is 0 Å². The van der Waals surface area contributed by atoms with Crippen molar-refractivity contribution in [2.75, 3.05) is 10.6 Å². The number of hydrogen-bond acceptors (Lipinski definition) is 6. The van der Waals surface area contributed by atoms with Crippen molar-refractivity contribution in [3.05, 3.63) is 137 Å². The van der Waals surface area contributed by atoms with Gasteiger partial charge in [0.05, 0.1) is 10.9 Å². The first-order valence-electron chi connectivity index (χ1n) is 13.6. The van der Waals surface area contributed by atoms with Gasteiger partial charge in [0.1, 0.15) is 11.5 Å². The summed E-state index contributed by atoms with van der Waals surface area (Å²) < 4.78 is 13.2. The zero-order valence-corrected chi connectivity index (χ0v) is 25.1. The molecule has 1 heterocycles. The second kappa shape index (κ2) is 14.4. The predicted molar refractivity (Wildman–Crippen MR) is 175 cm³/mol. The lowest BCUT2D eigenvalue weighted by Gasteiger charge is -2.13. The van der Waals surface area contributed by atoms with Crippen molar-refractivity contribution in [2.24, 2.45) is 0 Å². The van der Waals surface area contributed by atoms with Crippen LogP contribution in [0.4, 0.5) is 15.2 Å². The zero-order chi connectivity index (χ0) is 30.9. The molecular weight excluding hydrogens is 596 g/mol. The van der Waals surface area contributed by atoms with E-state index in [9.17, 15) is 18.8 Å². The molecule has 3 amide bonds. The van der Waals surface area contributed by atoms with Crippen LogP contribution >= 0.6 is 23.1 Å². The number of aromatic nitrogens is 1. The molecule has 5 aromatic rings. The monoisotopic (exact) mass is 622 g/mol. The molecule has 5 rings (SSSR count). The number of amides is 3. The van der Waals surface area contributed by atoms with E-state index in [0.717, 1.165) is 16.0 Å². The molecule has 0 fully saturated rings. The third-order valence-electron chi connectivity index (χ3n) is 6.29. The summed E-state index contributed by atoms with van der Waals surface area (Å²) in [5, 5.41) is 10.2. The number of hydrogen-bond donors (Lipinski definition) is 3. The van der Waals surface area contributed by atoms with Crippen molar-refractivity contribution in [1.82, 2.24) is 10.3 Å². The molecule has 220 valence electrons. The lowest BCUT2D eigenvalue weighted by atomic mass is 10.1. The van der Waals surface area contributed by atoms with E-state index in [1.165, 1.54) is 35.2 Å². The van der Waals surface area contributed by atoms with Crippen molar-refractivity contribution in [3.8, 4) is 11.3 Å². The van der Waals surface area contributed by atoms with E-state index in [-0.39, 0.29) is 17.4 Å². The average Bonchev–Trinajstić information content (AvgIpc) is 3.50. The third-order valence-corrected chi connectivity index (χ3v) is 8.14. The summed E-state index contributed by atoms with van der Waals surface area (Å²) in [6.07, 6.45) is 1.61. The van der Waals surface area contributed by atoms with Crippen LogP contribution in [0.3, 0.4) is 0 Å². The summed E-state index contributed by atoms with van der Waals surface area (Å²) in [6, 6.07) is 31.0. The molecule has 0 aliphatic carbocycles. The van der Waals surface area contributed by atoms with Crippen LogP contribution in [0.1, 0.15) is 22.8 Å². The van der Waals surface area contributed by atoms with Gasteiger partial charge in [-0.25, -0.2) is 9.37 Å². The van der Waals surface area contributed by atoms with Gasteiger partial charge in [-0.15, -0.1) is 23.1 Å². The van der Waals surface area contributed by atoms with Crippen LogP contribution in [0.5, 0.6) is 0 Å². The van der Waals surface area contributed by atoms with Gasteiger partial charge in [-0.2, -0.15) is 0 Å². The first-order chi connectivity index (χ1) is 21.3. The minimum atomic E-state index is -0.494. The third kappa shape index (κ3) is 8.27. The average molecular weight is 623 g/mol. The molecule has 0 aliphatic heterocycles. The summed E-state index contributed by atoms with van der Waals surface area (Å²) >= 11 is 2.61. The van der Waals surface area contributed by atoms with Gasteiger partial charge in [-0.3, -0.25) is 14.4 Å².